The molecule has 0 saturated heterocycles. The van der Waals surface area contributed by atoms with Crippen molar-refractivity contribution in [1.82, 2.24) is 0 Å². The van der Waals surface area contributed by atoms with Gasteiger partial charge in [0.05, 0.1) is 0 Å². The Hall–Kier alpha value is -1.51. The van der Waals surface area contributed by atoms with Gasteiger partial charge in [0.1, 0.15) is 5.75 Å². The lowest BCUT2D eigenvalue weighted by Gasteiger charge is -2.31. The van der Waals surface area contributed by atoms with Gasteiger partial charge in [-0.1, -0.05) is 25.5 Å². The van der Waals surface area contributed by atoms with Crippen LogP contribution in [0.25, 0.3) is 0 Å². The van der Waals surface area contributed by atoms with Crippen molar-refractivity contribution in [1.29, 1.82) is 0 Å². The summed E-state index contributed by atoms with van der Waals surface area (Å²) in [6.07, 6.45) is 4.82. The number of hydrogen-bond donors (Lipinski definition) is 1. The highest BCUT2D eigenvalue weighted by atomic mass is 16.5. The van der Waals surface area contributed by atoms with Gasteiger partial charge in [0.25, 0.3) is 0 Å². The summed E-state index contributed by atoms with van der Waals surface area (Å²) in [5, 5.41) is 8.74. The maximum Gasteiger partial charge on any atom is 0.341 e. The number of aliphatic carboxylic acids is 1. The molecule has 0 radical (unpaired) electrons. The molecule has 0 bridgehead atoms. The predicted octanol–water partition coefficient (Wildman–Crippen LogP) is 2.91. The molecule has 1 saturated carbocycles. The zero-order valence-electron chi connectivity index (χ0n) is 11.3. The molecule has 2 aliphatic carbocycles. The predicted molar refractivity (Wildman–Crippen MR) is 72.4 cm³/mol. The summed E-state index contributed by atoms with van der Waals surface area (Å²) in [4.78, 5) is 10.6. The van der Waals surface area contributed by atoms with Crippen LogP contribution < -0.4 is 4.74 Å². The number of benzene rings is 1. The Morgan fingerprint density at radius 1 is 1.37 bits per heavy atom. The molecule has 19 heavy (non-hydrogen) atoms. The minimum absolute atomic E-state index is 0.249. The van der Waals surface area contributed by atoms with Crippen LogP contribution in [0.3, 0.4) is 0 Å². The van der Waals surface area contributed by atoms with Gasteiger partial charge < -0.3 is 9.84 Å². The largest absolute Gasteiger partial charge is 0.482 e. The summed E-state index contributed by atoms with van der Waals surface area (Å²) < 4.78 is 5.44. The van der Waals surface area contributed by atoms with E-state index in [-0.39, 0.29) is 6.61 Å². The first-order valence-electron chi connectivity index (χ1n) is 7.10. The Labute approximate surface area is 113 Å². The second kappa shape index (κ2) is 4.87. The molecule has 2 aliphatic rings. The number of carbonyl (C=O) groups is 1. The molecule has 3 unspecified atom stereocenters. The SMILES string of the molecule is CC1CCC2Cc3c(cccc3OCC(=O)O)CC12. The average Bonchev–Trinajstić information content (AvgIpc) is 2.75. The Morgan fingerprint density at radius 2 is 2.21 bits per heavy atom. The topological polar surface area (TPSA) is 46.5 Å². The van der Waals surface area contributed by atoms with Gasteiger partial charge in [0, 0.05) is 0 Å². The lowest BCUT2D eigenvalue weighted by molar-refractivity contribution is -0.139. The number of rotatable bonds is 3. The number of carboxylic acid groups (broad SMARTS) is 1. The van der Waals surface area contributed by atoms with E-state index in [1.165, 1.54) is 24.0 Å². The zero-order valence-corrected chi connectivity index (χ0v) is 11.3. The highest BCUT2D eigenvalue weighted by Gasteiger charge is 2.37. The molecule has 0 aliphatic heterocycles. The fourth-order valence-corrected chi connectivity index (χ4v) is 3.82. The molecule has 1 aromatic carbocycles. The van der Waals surface area contributed by atoms with Gasteiger partial charge in [-0.2, -0.15) is 0 Å². The van der Waals surface area contributed by atoms with Gasteiger partial charge in [-0.15, -0.1) is 0 Å². The van der Waals surface area contributed by atoms with Crippen molar-refractivity contribution < 1.29 is 14.6 Å². The molecule has 0 aromatic heterocycles. The van der Waals surface area contributed by atoms with Crippen LogP contribution in [0, 0.1) is 17.8 Å². The van der Waals surface area contributed by atoms with Gasteiger partial charge in [0.2, 0.25) is 0 Å². The van der Waals surface area contributed by atoms with Crippen LogP contribution >= 0.6 is 0 Å². The van der Waals surface area contributed by atoms with Crippen molar-refractivity contribution >= 4 is 5.97 Å². The number of hydrogen-bond acceptors (Lipinski definition) is 2. The molecule has 3 atom stereocenters. The van der Waals surface area contributed by atoms with E-state index in [0.29, 0.717) is 0 Å². The van der Waals surface area contributed by atoms with Gasteiger partial charge in [-0.25, -0.2) is 4.79 Å². The van der Waals surface area contributed by atoms with Gasteiger partial charge in [0.15, 0.2) is 6.61 Å². The Morgan fingerprint density at radius 3 is 3.00 bits per heavy atom. The van der Waals surface area contributed by atoms with Crippen molar-refractivity contribution in [2.45, 2.75) is 32.6 Å². The Kier molecular flexibility index (Phi) is 3.21. The molecule has 3 nitrogen and oxygen atoms in total. The Balaban J connectivity index is 1.85. The molecule has 3 rings (SSSR count). The quantitative estimate of drug-likeness (QED) is 0.909. The van der Waals surface area contributed by atoms with E-state index in [0.717, 1.165) is 36.3 Å². The minimum atomic E-state index is -0.916. The van der Waals surface area contributed by atoms with Crippen molar-refractivity contribution in [3.63, 3.8) is 0 Å². The van der Waals surface area contributed by atoms with Crippen LogP contribution in [-0.2, 0) is 17.6 Å². The molecular formula is C16H20O3. The van der Waals surface area contributed by atoms with Gasteiger partial charge in [-0.05, 0) is 54.2 Å². The number of carboxylic acids is 1. The summed E-state index contributed by atoms with van der Waals surface area (Å²) in [6, 6.07) is 6.06. The lowest BCUT2D eigenvalue weighted by Crippen LogP contribution is -2.24. The van der Waals surface area contributed by atoms with Crippen LogP contribution in [0.4, 0.5) is 0 Å². The third-order valence-corrected chi connectivity index (χ3v) is 4.83. The molecule has 1 fully saturated rings. The summed E-state index contributed by atoms with van der Waals surface area (Å²) in [7, 11) is 0. The summed E-state index contributed by atoms with van der Waals surface area (Å²) >= 11 is 0. The molecule has 1 aromatic rings. The summed E-state index contributed by atoms with van der Waals surface area (Å²) in [6.45, 7) is 2.11. The third kappa shape index (κ3) is 2.34. The average molecular weight is 260 g/mol. The first-order valence-corrected chi connectivity index (χ1v) is 7.10. The monoisotopic (exact) mass is 260 g/mol. The molecule has 1 N–H and O–H groups in total. The summed E-state index contributed by atoms with van der Waals surface area (Å²) in [5.41, 5.74) is 2.61. The van der Waals surface area contributed by atoms with Crippen molar-refractivity contribution in [3.8, 4) is 5.75 Å². The maximum atomic E-state index is 10.6. The van der Waals surface area contributed by atoms with Gasteiger partial charge in [-0.3, -0.25) is 0 Å². The van der Waals surface area contributed by atoms with Crippen LogP contribution in [0.5, 0.6) is 5.75 Å². The Bertz CT molecular complexity index is 495. The highest BCUT2D eigenvalue weighted by molar-refractivity contribution is 5.68. The second-order valence-corrected chi connectivity index (χ2v) is 5.96. The second-order valence-electron chi connectivity index (χ2n) is 5.96. The normalized spacial score (nSPS) is 28.6. The minimum Gasteiger partial charge on any atom is -0.482 e. The smallest absolute Gasteiger partial charge is 0.341 e. The van der Waals surface area contributed by atoms with Gasteiger partial charge >= 0.3 is 5.97 Å². The van der Waals surface area contributed by atoms with Crippen LogP contribution in [-0.4, -0.2) is 17.7 Å². The van der Waals surface area contributed by atoms with Crippen molar-refractivity contribution in [3.05, 3.63) is 29.3 Å². The number of fused-ring (bicyclic) bond motifs is 2. The van der Waals surface area contributed by atoms with Crippen molar-refractivity contribution in [2.75, 3.05) is 6.61 Å². The lowest BCUT2D eigenvalue weighted by atomic mass is 9.75. The van der Waals surface area contributed by atoms with Crippen LogP contribution in [0.1, 0.15) is 30.9 Å². The van der Waals surface area contributed by atoms with E-state index in [1.807, 2.05) is 12.1 Å². The third-order valence-electron chi connectivity index (χ3n) is 4.83. The zero-order chi connectivity index (χ0) is 13.4. The number of ether oxygens (including phenoxy) is 1. The van der Waals surface area contributed by atoms with E-state index in [1.54, 1.807) is 0 Å². The standard InChI is InChI=1S/C16H20O3/c1-10-5-6-12-8-14-11(7-13(10)12)3-2-4-15(14)19-9-16(17)18/h2-4,10,12-13H,5-9H2,1H3,(H,17,18). The molecule has 0 spiro atoms. The van der Waals surface area contributed by atoms with E-state index >= 15 is 0 Å². The summed E-state index contributed by atoms with van der Waals surface area (Å²) in [5.74, 6) is 2.25. The molecule has 0 amide bonds. The fourth-order valence-electron chi connectivity index (χ4n) is 3.82. The van der Waals surface area contributed by atoms with E-state index in [9.17, 15) is 4.79 Å². The van der Waals surface area contributed by atoms with Crippen LogP contribution in [0.2, 0.25) is 0 Å². The molecule has 0 heterocycles. The highest BCUT2D eigenvalue weighted by Crippen LogP contribution is 2.46. The van der Waals surface area contributed by atoms with Crippen LogP contribution in [0.15, 0.2) is 18.2 Å². The van der Waals surface area contributed by atoms with E-state index in [4.69, 9.17) is 9.84 Å². The molecule has 102 valence electrons. The van der Waals surface area contributed by atoms with E-state index in [2.05, 4.69) is 13.0 Å². The first-order chi connectivity index (χ1) is 9.15. The molecular weight excluding hydrogens is 240 g/mol. The van der Waals surface area contributed by atoms with E-state index < -0.39 is 5.97 Å². The fraction of sp³-hybridized carbons (Fsp3) is 0.562. The first kappa shape index (κ1) is 12.5. The maximum absolute atomic E-state index is 10.6. The van der Waals surface area contributed by atoms with Crippen molar-refractivity contribution in [2.24, 2.45) is 17.8 Å². The molecule has 3 heteroatoms.